The van der Waals surface area contributed by atoms with Crippen LogP contribution in [0.5, 0.6) is 5.75 Å². The second kappa shape index (κ2) is 11.9. The molecule has 2 aromatic carbocycles. The molecule has 0 radical (unpaired) electrons. The first-order valence-electron chi connectivity index (χ1n) is 9.53. The van der Waals surface area contributed by atoms with E-state index >= 15 is 0 Å². The predicted molar refractivity (Wildman–Crippen MR) is 113 cm³/mol. The van der Waals surface area contributed by atoms with Crippen molar-refractivity contribution in [3.8, 4) is 11.8 Å². The molecule has 3 N–H and O–H groups in total. The van der Waals surface area contributed by atoms with Gasteiger partial charge in [-0.2, -0.15) is 5.26 Å². The summed E-state index contributed by atoms with van der Waals surface area (Å²) in [6.07, 6.45) is 0.383. The van der Waals surface area contributed by atoms with Gasteiger partial charge in [0, 0.05) is 30.8 Å². The van der Waals surface area contributed by atoms with Crippen molar-refractivity contribution >= 4 is 29.1 Å². The van der Waals surface area contributed by atoms with Gasteiger partial charge >= 0.3 is 0 Å². The highest BCUT2D eigenvalue weighted by atomic mass is 16.5. The van der Waals surface area contributed by atoms with Crippen LogP contribution in [0.25, 0.3) is 0 Å². The van der Waals surface area contributed by atoms with Crippen LogP contribution in [0, 0.1) is 11.3 Å². The number of para-hydroxylation sites is 1. The summed E-state index contributed by atoms with van der Waals surface area (Å²) >= 11 is 0. The monoisotopic (exact) mass is 408 g/mol. The van der Waals surface area contributed by atoms with Crippen molar-refractivity contribution in [2.75, 3.05) is 23.4 Å². The Morgan fingerprint density at radius 3 is 2.33 bits per heavy atom. The van der Waals surface area contributed by atoms with Crippen LogP contribution in [0.15, 0.2) is 54.6 Å². The zero-order valence-electron chi connectivity index (χ0n) is 16.5. The molecule has 0 bridgehead atoms. The number of rotatable bonds is 11. The van der Waals surface area contributed by atoms with Gasteiger partial charge in [0.05, 0.1) is 25.5 Å². The maximum Gasteiger partial charge on any atom is 0.227 e. The first-order chi connectivity index (χ1) is 14.5. The summed E-state index contributed by atoms with van der Waals surface area (Å²) in [5.41, 5.74) is 6.32. The van der Waals surface area contributed by atoms with Crippen molar-refractivity contribution in [3.05, 3.63) is 54.6 Å². The van der Waals surface area contributed by atoms with Gasteiger partial charge in [0.1, 0.15) is 5.75 Å². The number of nitrogens with one attached hydrogen (secondary N) is 1. The molecular formula is C22H24N4O4. The Kier molecular flexibility index (Phi) is 8.87. The fourth-order valence-electron chi connectivity index (χ4n) is 2.65. The van der Waals surface area contributed by atoms with Crippen LogP contribution >= 0.6 is 0 Å². The first-order valence-corrected chi connectivity index (χ1v) is 9.53. The first kappa shape index (κ1) is 22.4. The molecule has 0 aromatic heterocycles. The summed E-state index contributed by atoms with van der Waals surface area (Å²) < 4.78 is 5.37. The van der Waals surface area contributed by atoms with Gasteiger partial charge in [-0.15, -0.1) is 0 Å². The van der Waals surface area contributed by atoms with Crippen LogP contribution in [0.2, 0.25) is 0 Å². The third-order valence-corrected chi connectivity index (χ3v) is 4.14. The lowest BCUT2D eigenvalue weighted by atomic mass is 10.2. The largest absolute Gasteiger partial charge is 0.493 e. The van der Waals surface area contributed by atoms with Crippen LogP contribution < -0.4 is 20.7 Å². The van der Waals surface area contributed by atoms with Gasteiger partial charge in [0.25, 0.3) is 0 Å². The van der Waals surface area contributed by atoms with Crippen LogP contribution in [-0.2, 0) is 14.4 Å². The number of anilines is 2. The summed E-state index contributed by atoms with van der Waals surface area (Å²) in [5.74, 6) is -0.392. The molecule has 0 saturated heterocycles. The molecule has 0 unspecified atom stereocenters. The Labute approximate surface area is 175 Å². The highest BCUT2D eigenvalue weighted by molar-refractivity contribution is 5.98. The number of carbonyl (C=O) groups is 3. The highest BCUT2D eigenvalue weighted by Crippen LogP contribution is 2.18. The van der Waals surface area contributed by atoms with E-state index in [0.29, 0.717) is 17.1 Å². The molecule has 3 amide bonds. The normalized spacial score (nSPS) is 9.97. The Hall–Kier alpha value is -3.86. The molecule has 0 aliphatic carbocycles. The van der Waals surface area contributed by atoms with Crippen LogP contribution in [0.4, 0.5) is 11.4 Å². The van der Waals surface area contributed by atoms with Crippen molar-refractivity contribution in [1.29, 1.82) is 5.26 Å². The Morgan fingerprint density at radius 1 is 1.00 bits per heavy atom. The fourth-order valence-corrected chi connectivity index (χ4v) is 2.65. The van der Waals surface area contributed by atoms with Gasteiger partial charge in [-0.3, -0.25) is 14.4 Å². The predicted octanol–water partition coefficient (Wildman–Crippen LogP) is 2.61. The summed E-state index contributed by atoms with van der Waals surface area (Å²) in [6, 6.07) is 17.8. The van der Waals surface area contributed by atoms with Gasteiger partial charge < -0.3 is 20.7 Å². The van der Waals surface area contributed by atoms with E-state index in [1.165, 1.54) is 4.90 Å². The zero-order valence-corrected chi connectivity index (χ0v) is 16.5. The van der Waals surface area contributed by atoms with Crippen molar-refractivity contribution in [2.24, 2.45) is 5.73 Å². The van der Waals surface area contributed by atoms with Crippen LogP contribution in [0.3, 0.4) is 0 Å². The molecule has 0 atom stereocenters. The average Bonchev–Trinajstić information content (AvgIpc) is 2.74. The summed E-state index contributed by atoms with van der Waals surface area (Å²) in [7, 11) is 0. The average molecular weight is 408 g/mol. The number of nitrogens with zero attached hydrogens (tertiary/aromatic N) is 2. The molecule has 0 aliphatic heterocycles. The molecule has 0 spiro atoms. The SMILES string of the molecule is N#CCCN(C(=O)CCC(=O)Nc1ccc(OCCC(N)=O)cc1)c1ccccc1. The quantitative estimate of drug-likeness (QED) is 0.591. The lowest BCUT2D eigenvalue weighted by Crippen LogP contribution is -2.32. The maximum atomic E-state index is 12.6. The molecule has 2 aromatic rings. The summed E-state index contributed by atoms with van der Waals surface area (Å²) in [6.45, 7) is 0.463. The molecule has 8 nitrogen and oxygen atoms in total. The minimum Gasteiger partial charge on any atom is -0.493 e. The molecule has 0 saturated carbocycles. The molecule has 2 rings (SSSR count). The minimum absolute atomic E-state index is 0.0194. The van der Waals surface area contributed by atoms with E-state index in [-0.39, 0.29) is 50.6 Å². The molecule has 8 heteroatoms. The number of hydrogen-bond acceptors (Lipinski definition) is 5. The molecule has 156 valence electrons. The van der Waals surface area contributed by atoms with Gasteiger partial charge in [0.15, 0.2) is 0 Å². The van der Waals surface area contributed by atoms with Crippen molar-refractivity contribution in [3.63, 3.8) is 0 Å². The number of ether oxygens (including phenoxy) is 1. The number of amides is 3. The van der Waals surface area contributed by atoms with E-state index in [1.807, 2.05) is 24.3 Å². The maximum absolute atomic E-state index is 12.6. The topological polar surface area (TPSA) is 126 Å². The molecular weight excluding hydrogens is 384 g/mol. The second-order valence-electron chi connectivity index (χ2n) is 6.43. The zero-order chi connectivity index (χ0) is 21.8. The number of carbonyl (C=O) groups excluding carboxylic acids is 3. The fraction of sp³-hybridized carbons (Fsp3) is 0.273. The molecule has 0 heterocycles. The third-order valence-electron chi connectivity index (χ3n) is 4.14. The Morgan fingerprint density at radius 2 is 1.70 bits per heavy atom. The highest BCUT2D eigenvalue weighted by Gasteiger charge is 2.16. The van der Waals surface area contributed by atoms with Gasteiger partial charge in [-0.25, -0.2) is 0 Å². The third kappa shape index (κ3) is 7.64. The van der Waals surface area contributed by atoms with Crippen LogP contribution in [-0.4, -0.2) is 30.9 Å². The number of benzene rings is 2. The standard InChI is InChI=1S/C22H24N4O4/c23-14-4-15-26(18-5-2-1-3-6-18)22(29)12-11-21(28)25-17-7-9-19(10-8-17)30-16-13-20(24)27/h1-3,5-10H,4,11-13,15-16H2,(H2,24,27)(H,25,28). The van der Waals surface area contributed by atoms with E-state index in [1.54, 1.807) is 36.4 Å². The van der Waals surface area contributed by atoms with E-state index in [2.05, 4.69) is 5.32 Å². The minimum atomic E-state index is -0.438. The summed E-state index contributed by atoms with van der Waals surface area (Å²) in [4.78, 5) is 37.0. The van der Waals surface area contributed by atoms with Crippen molar-refractivity contribution in [2.45, 2.75) is 25.7 Å². The van der Waals surface area contributed by atoms with Gasteiger partial charge in [-0.05, 0) is 36.4 Å². The second-order valence-corrected chi connectivity index (χ2v) is 6.43. The Balaban J connectivity index is 1.84. The molecule has 0 fully saturated rings. The lowest BCUT2D eigenvalue weighted by molar-refractivity contribution is -0.122. The molecule has 0 aliphatic rings. The van der Waals surface area contributed by atoms with E-state index in [0.717, 1.165) is 0 Å². The number of primary amides is 1. The Bertz CT molecular complexity index is 892. The van der Waals surface area contributed by atoms with E-state index < -0.39 is 5.91 Å². The summed E-state index contributed by atoms with van der Waals surface area (Å²) in [5, 5.41) is 11.6. The number of nitriles is 1. The molecule has 30 heavy (non-hydrogen) atoms. The van der Waals surface area contributed by atoms with E-state index in [4.69, 9.17) is 15.7 Å². The van der Waals surface area contributed by atoms with Crippen molar-refractivity contribution in [1.82, 2.24) is 0 Å². The van der Waals surface area contributed by atoms with Crippen molar-refractivity contribution < 1.29 is 19.1 Å². The van der Waals surface area contributed by atoms with Gasteiger partial charge in [-0.1, -0.05) is 18.2 Å². The number of hydrogen-bond donors (Lipinski definition) is 2. The number of nitrogens with two attached hydrogens (primary N) is 1. The smallest absolute Gasteiger partial charge is 0.227 e. The lowest BCUT2D eigenvalue weighted by Gasteiger charge is -2.21. The van der Waals surface area contributed by atoms with E-state index in [9.17, 15) is 14.4 Å². The van der Waals surface area contributed by atoms with Crippen LogP contribution in [0.1, 0.15) is 25.7 Å². The van der Waals surface area contributed by atoms with Gasteiger partial charge in [0.2, 0.25) is 17.7 Å².